The van der Waals surface area contributed by atoms with Gasteiger partial charge in [0, 0.05) is 6.21 Å². The second-order valence-electron chi connectivity index (χ2n) is 1.02. The molecule has 0 aliphatic rings. The minimum absolute atomic E-state index is 0.333. The lowest BCUT2D eigenvalue weighted by Gasteiger charge is -1.97. The van der Waals surface area contributed by atoms with Gasteiger partial charge in [0.05, 0.1) is 6.42 Å². The lowest BCUT2D eigenvalue weighted by atomic mass is 10.5. The first-order chi connectivity index (χ1) is 3.06. The van der Waals surface area contributed by atoms with Crippen LogP contribution in [0.15, 0.2) is 0 Å². The Hall–Kier alpha value is -0.540. The Bertz CT molecular complexity index is 65.1. The van der Waals surface area contributed by atoms with Gasteiger partial charge in [-0.05, 0) is 0 Å². The highest BCUT2D eigenvalue weighted by atomic mass is 19.4. The average molecular weight is 111 g/mol. The third-order valence-corrected chi connectivity index (χ3v) is 0.334. The summed E-state index contributed by atoms with van der Waals surface area (Å²) in [6, 6.07) is 0. The van der Waals surface area contributed by atoms with E-state index < -0.39 is 12.6 Å². The van der Waals surface area contributed by atoms with Gasteiger partial charge >= 0.3 is 6.18 Å². The Balaban J connectivity index is 3.34. The molecule has 0 saturated heterocycles. The van der Waals surface area contributed by atoms with Crippen molar-refractivity contribution in [3.8, 4) is 0 Å². The first kappa shape index (κ1) is 6.46. The van der Waals surface area contributed by atoms with E-state index in [1.54, 1.807) is 0 Å². The van der Waals surface area contributed by atoms with E-state index in [4.69, 9.17) is 5.41 Å². The molecule has 0 aliphatic carbocycles. The lowest BCUT2D eigenvalue weighted by molar-refractivity contribution is -0.120. The summed E-state index contributed by atoms with van der Waals surface area (Å²) < 4.78 is 32.7. The summed E-state index contributed by atoms with van der Waals surface area (Å²) in [4.78, 5) is 0. The SMILES string of the molecule is N=CCC(F)(F)F. The number of hydrogen-bond acceptors (Lipinski definition) is 1. The van der Waals surface area contributed by atoms with Crippen LogP contribution in [0.1, 0.15) is 6.42 Å². The van der Waals surface area contributed by atoms with Crippen molar-refractivity contribution in [1.82, 2.24) is 0 Å². The molecule has 4 heteroatoms. The maximum atomic E-state index is 10.9. The van der Waals surface area contributed by atoms with E-state index in [1.165, 1.54) is 0 Å². The monoisotopic (exact) mass is 111 g/mol. The van der Waals surface area contributed by atoms with Gasteiger partial charge in [-0.25, -0.2) is 0 Å². The summed E-state index contributed by atoms with van der Waals surface area (Å²) in [7, 11) is 0. The average Bonchev–Trinajstić information content (AvgIpc) is 1.30. The number of rotatable bonds is 1. The fourth-order valence-corrected chi connectivity index (χ4v) is 0.116. The van der Waals surface area contributed by atoms with Gasteiger partial charge in [-0.3, -0.25) is 0 Å². The maximum Gasteiger partial charge on any atom is 0.393 e. The van der Waals surface area contributed by atoms with Gasteiger partial charge in [0.15, 0.2) is 0 Å². The Morgan fingerprint density at radius 1 is 1.43 bits per heavy atom. The highest BCUT2D eigenvalue weighted by molar-refractivity contribution is 5.53. The summed E-state index contributed by atoms with van der Waals surface area (Å²) in [5.41, 5.74) is 0. The summed E-state index contributed by atoms with van der Waals surface area (Å²) in [6.45, 7) is 0. The van der Waals surface area contributed by atoms with E-state index in [-0.39, 0.29) is 0 Å². The van der Waals surface area contributed by atoms with E-state index >= 15 is 0 Å². The number of nitrogens with one attached hydrogen (secondary N) is 1. The Morgan fingerprint density at radius 2 is 1.86 bits per heavy atom. The molecular formula is C3H4F3N. The number of alkyl halides is 3. The molecule has 0 radical (unpaired) electrons. The smallest absolute Gasteiger partial charge is 0.313 e. The fraction of sp³-hybridized carbons (Fsp3) is 0.667. The van der Waals surface area contributed by atoms with Crippen LogP contribution in [0.5, 0.6) is 0 Å². The number of hydrogen-bond donors (Lipinski definition) is 1. The first-order valence-electron chi connectivity index (χ1n) is 1.62. The van der Waals surface area contributed by atoms with Crippen LogP contribution in [0.4, 0.5) is 13.2 Å². The third kappa shape index (κ3) is 5.46. The van der Waals surface area contributed by atoms with Crippen LogP contribution >= 0.6 is 0 Å². The fourth-order valence-electron chi connectivity index (χ4n) is 0.116. The van der Waals surface area contributed by atoms with Crippen molar-refractivity contribution in [3.63, 3.8) is 0 Å². The van der Waals surface area contributed by atoms with Crippen LogP contribution in [0.25, 0.3) is 0 Å². The Labute approximate surface area is 38.7 Å². The van der Waals surface area contributed by atoms with E-state index in [9.17, 15) is 13.2 Å². The van der Waals surface area contributed by atoms with E-state index in [0.29, 0.717) is 6.21 Å². The van der Waals surface area contributed by atoms with Crippen molar-refractivity contribution in [2.45, 2.75) is 12.6 Å². The van der Waals surface area contributed by atoms with Crippen molar-refractivity contribution in [1.29, 1.82) is 5.41 Å². The van der Waals surface area contributed by atoms with Crippen molar-refractivity contribution >= 4 is 6.21 Å². The van der Waals surface area contributed by atoms with Gasteiger partial charge in [0.1, 0.15) is 0 Å². The van der Waals surface area contributed by atoms with Gasteiger partial charge < -0.3 is 5.41 Å². The molecule has 0 aromatic rings. The largest absolute Gasteiger partial charge is 0.393 e. The summed E-state index contributed by atoms with van der Waals surface area (Å²) in [5.74, 6) is 0. The van der Waals surface area contributed by atoms with Gasteiger partial charge in [0.2, 0.25) is 0 Å². The molecule has 0 unspecified atom stereocenters. The van der Waals surface area contributed by atoms with Crippen LogP contribution in [0.3, 0.4) is 0 Å². The minimum atomic E-state index is -4.19. The molecule has 0 fully saturated rings. The highest BCUT2D eigenvalue weighted by Gasteiger charge is 2.24. The first-order valence-corrected chi connectivity index (χ1v) is 1.62. The zero-order chi connectivity index (χ0) is 5.91. The molecule has 1 nitrogen and oxygen atoms in total. The molecule has 0 rings (SSSR count). The van der Waals surface area contributed by atoms with Crippen LogP contribution in [0, 0.1) is 5.41 Å². The maximum absolute atomic E-state index is 10.9. The predicted molar refractivity (Wildman–Crippen MR) is 19.5 cm³/mol. The quantitative estimate of drug-likeness (QED) is 0.497. The van der Waals surface area contributed by atoms with Gasteiger partial charge in [-0.1, -0.05) is 0 Å². The van der Waals surface area contributed by atoms with E-state index in [0.717, 1.165) is 0 Å². The second kappa shape index (κ2) is 1.95. The molecular weight excluding hydrogens is 107 g/mol. The van der Waals surface area contributed by atoms with Crippen molar-refractivity contribution in [2.75, 3.05) is 0 Å². The summed E-state index contributed by atoms with van der Waals surface area (Å²) >= 11 is 0. The Morgan fingerprint density at radius 3 is 1.86 bits per heavy atom. The van der Waals surface area contributed by atoms with Crippen molar-refractivity contribution < 1.29 is 13.2 Å². The van der Waals surface area contributed by atoms with Gasteiger partial charge in [-0.15, -0.1) is 0 Å². The van der Waals surface area contributed by atoms with Crippen LogP contribution in [-0.4, -0.2) is 12.4 Å². The van der Waals surface area contributed by atoms with E-state index in [2.05, 4.69) is 0 Å². The lowest BCUT2D eigenvalue weighted by Crippen LogP contribution is -2.06. The highest BCUT2D eigenvalue weighted by Crippen LogP contribution is 2.16. The molecule has 0 saturated carbocycles. The zero-order valence-corrected chi connectivity index (χ0v) is 3.42. The minimum Gasteiger partial charge on any atom is -0.313 e. The molecule has 0 heterocycles. The summed E-state index contributed by atoms with van der Waals surface area (Å²) in [6.07, 6.45) is -4.98. The standard InChI is InChI=1S/C3H4F3N/c4-3(5,6)1-2-7/h2,7H,1H2. The second-order valence-corrected chi connectivity index (χ2v) is 1.02. The van der Waals surface area contributed by atoms with Crippen molar-refractivity contribution in [2.24, 2.45) is 0 Å². The predicted octanol–water partition coefficient (Wildman–Crippen LogP) is 1.59. The molecule has 0 aromatic heterocycles. The topological polar surface area (TPSA) is 23.9 Å². The zero-order valence-electron chi connectivity index (χ0n) is 3.42. The van der Waals surface area contributed by atoms with Crippen molar-refractivity contribution in [3.05, 3.63) is 0 Å². The normalized spacial score (nSPS) is 11.3. The third-order valence-electron chi connectivity index (χ3n) is 0.334. The molecule has 0 spiro atoms. The molecule has 0 aliphatic heterocycles. The van der Waals surface area contributed by atoms with Gasteiger partial charge in [0.25, 0.3) is 0 Å². The number of halogens is 3. The molecule has 42 valence electrons. The molecule has 0 atom stereocenters. The molecule has 0 amide bonds. The Kier molecular flexibility index (Phi) is 1.80. The van der Waals surface area contributed by atoms with Crippen LogP contribution in [0.2, 0.25) is 0 Å². The summed E-state index contributed by atoms with van der Waals surface area (Å²) in [5, 5.41) is 6.01. The van der Waals surface area contributed by atoms with Crippen LogP contribution in [-0.2, 0) is 0 Å². The molecule has 0 aromatic carbocycles. The van der Waals surface area contributed by atoms with Crippen LogP contribution < -0.4 is 0 Å². The molecule has 7 heavy (non-hydrogen) atoms. The molecule has 0 bridgehead atoms. The van der Waals surface area contributed by atoms with E-state index in [1.807, 2.05) is 0 Å². The van der Waals surface area contributed by atoms with Gasteiger partial charge in [-0.2, -0.15) is 13.2 Å². The molecule has 1 N–H and O–H groups in total.